The lowest BCUT2D eigenvalue weighted by Crippen LogP contribution is -2.16. The van der Waals surface area contributed by atoms with Crippen LogP contribution in [0.1, 0.15) is 6.42 Å². The number of aromatic nitrogens is 3. The Morgan fingerprint density at radius 3 is 2.48 bits per heavy atom. The average molecular weight is 404 g/mol. The van der Waals surface area contributed by atoms with E-state index in [0.29, 0.717) is 29.6 Å². The monoisotopic (exact) mass is 404 g/mol. The second-order valence-corrected chi connectivity index (χ2v) is 5.98. The number of hydrogen-bond acceptors (Lipinski definition) is 7. The summed E-state index contributed by atoms with van der Waals surface area (Å²) in [5.41, 5.74) is 7.56. The van der Waals surface area contributed by atoms with Gasteiger partial charge in [-0.2, -0.15) is 0 Å². The third-order valence-corrected chi connectivity index (χ3v) is 3.77. The van der Waals surface area contributed by atoms with Gasteiger partial charge < -0.3 is 21.1 Å². The highest BCUT2D eigenvalue weighted by Crippen LogP contribution is 2.26. The summed E-state index contributed by atoms with van der Waals surface area (Å²) in [7, 11) is 0. The van der Waals surface area contributed by atoms with E-state index in [0.717, 1.165) is 18.5 Å². The standard InChI is InChI=1S/C19H19F3N6O/c20-19(21,22)29-15-4-2-14(3-5-15)28-18-11-16(26-12-27-18)13-6-9-25-17(10-13)24-8-1-7-23/h2-6,9-12H,1,7-8,23H2,(H,24,25)(H,26,27,28). The van der Waals surface area contributed by atoms with Crippen molar-refractivity contribution in [2.75, 3.05) is 23.7 Å². The molecule has 0 unspecified atom stereocenters. The van der Waals surface area contributed by atoms with E-state index in [-0.39, 0.29) is 5.75 Å². The number of nitrogens with zero attached hydrogens (tertiary/aromatic N) is 3. The fourth-order valence-electron chi connectivity index (χ4n) is 2.48. The van der Waals surface area contributed by atoms with Gasteiger partial charge in [-0.25, -0.2) is 15.0 Å². The molecule has 4 N–H and O–H groups in total. The maximum atomic E-state index is 12.2. The van der Waals surface area contributed by atoms with E-state index in [1.54, 1.807) is 12.3 Å². The molecule has 0 aliphatic rings. The molecule has 3 aromatic rings. The molecule has 0 saturated heterocycles. The van der Waals surface area contributed by atoms with Crippen LogP contribution in [0.25, 0.3) is 11.3 Å². The summed E-state index contributed by atoms with van der Waals surface area (Å²) in [6.07, 6.45) is -0.811. The number of alkyl halides is 3. The number of benzene rings is 1. The summed E-state index contributed by atoms with van der Waals surface area (Å²) < 4.78 is 40.6. The van der Waals surface area contributed by atoms with Gasteiger partial charge in [-0.15, -0.1) is 13.2 Å². The van der Waals surface area contributed by atoms with Crippen molar-refractivity contribution in [3.05, 3.63) is 55.0 Å². The molecule has 2 heterocycles. The number of anilines is 3. The normalized spacial score (nSPS) is 11.2. The molecule has 1 aromatic carbocycles. The Kier molecular flexibility index (Phi) is 6.45. The van der Waals surface area contributed by atoms with E-state index in [1.807, 2.05) is 12.1 Å². The van der Waals surface area contributed by atoms with Crippen molar-refractivity contribution < 1.29 is 17.9 Å². The van der Waals surface area contributed by atoms with Gasteiger partial charge in [0.15, 0.2) is 0 Å². The number of hydrogen-bond donors (Lipinski definition) is 3. The highest BCUT2D eigenvalue weighted by Gasteiger charge is 2.30. The van der Waals surface area contributed by atoms with Gasteiger partial charge in [-0.3, -0.25) is 0 Å². The van der Waals surface area contributed by atoms with Crippen molar-refractivity contribution >= 4 is 17.3 Å². The number of ether oxygens (including phenoxy) is 1. The lowest BCUT2D eigenvalue weighted by molar-refractivity contribution is -0.274. The molecule has 0 fully saturated rings. The minimum Gasteiger partial charge on any atom is -0.406 e. The van der Waals surface area contributed by atoms with Gasteiger partial charge in [0.2, 0.25) is 0 Å². The molecule has 0 amide bonds. The molecule has 0 aliphatic heterocycles. The number of pyridine rings is 1. The second kappa shape index (κ2) is 9.20. The molecule has 0 atom stereocenters. The molecular weight excluding hydrogens is 385 g/mol. The van der Waals surface area contributed by atoms with Crippen LogP contribution in [0.15, 0.2) is 55.0 Å². The Morgan fingerprint density at radius 2 is 1.76 bits per heavy atom. The Bertz CT molecular complexity index is 934. The van der Waals surface area contributed by atoms with E-state index < -0.39 is 6.36 Å². The van der Waals surface area contributed by atoms with E-state index >= 15 is 0 Å². The fraction of sp³-hybridized carbons (Fsp3) is 0.211. The van der Waals surface area contributed by atoms with Gasteiger partial charge >= 0.3 is 6.36 Å². The number of halogens is 3. The summed E-state index contributed by atoms with van der Waals surface area (Å²) in [6, 6.07) is 10.8. The first-order chi connectivity index (χ1) is 13.9. The van der Waals surface area contributed by atoms with Gasteiger partial charge in [-0.1, -0.05) is 0 Å². The van der Waals surface area contributed by atoms with Crippen LogP contribution in [0, 0.1) is 0 Å². The van der Waals surface area contributed by atoms with Crippen LogP contribution >= 0.6 is 0 Å². The van der Waals surface area contributed by atoms with Crippen molar-refractivity contribution in [1.82, 2.24) is 15.0 Å². The molecule has 0 bridgehead atoms. The first-order valence-corrected chi connectivity index (χ1v) is 8.78. The van der Waals surface area contributed by atoms with Crippen LogP contribution in [0.3, 0.4) is 0 Å². The maximum absolute atomic E-state index is 12.2. The van der Waals surface area contributed by atoms with Crippen LogP contribution < -0.4 is 21.1 Å². The summed E-state index contributed by atoms with van der Waals surface area (Å²) >= 11 is 0. The third-order valence-electron chi connectivity index (χ3n) is 3.77. The Hall–Kier alpha value is -3.40. The Balaban J connectivity index is 1.70. The predicted molar refractivity (Wildman–Crippen MR) is 104 cm³/mol. The van der Waals surface area contributed by atoms with Gasteiger partial charge in [-0.05, 0) is 49.4 Å². The average Bonchev–Trinajstić information content (AvgIpc) is 2.69. The minimum absolute atomic E-state index is 0.294. The molecule has 7 nitrogen and oxygen atoms in total. The van der Waals surface area contributed by atoms with Crippen molar-refractivity contribution in [2.45, 2.75) is 12.8 Å². The van der Waals surface area contributed by atoms with Gasteiger partial charge in [0.25, 0.3) is 0 Å². The number of nitrogens with one attached hydrogen (secondary N) is 2. The van der Waals surface area contributed by atoms with Crippen molar-refractivity contribution in [3.8, 4) is 17.0 Å². The topological polar surface area (TPSA) is 98.0 Å². The minimum atomic E-state index is -4.72. The zero-order valence-electron chi connectivity index (χ0n) is 15.3. The summed E-state index contributed by atoms with van der Waals surface area (Å²) in [5, 5.41) is 6.22. The molecule has 0 saturated carbocycles. The first-order valence-electron chi connectivity index (χ1n) is 8.78. The predicted octanol–water partition coefficient (Wildman–Crippen LogP) is 3.94. The highest BCUT2D eigenvalue weighted by atomic mass is 19.4. The van der Waals surface area contributed by atoms with Crippen LogP contribution in [0.5, 0.6) is 5.75 Å². The molecule has 3 rings (SSSR count). The van der Waals surface area contributed by atoms with Crippen LogP contribution in [-0.4, -0.2) is 34.4 Å². The van der Waals surface area contributed by atoms with E-state index in [2.05, 4.69) is 30.3 Å². The first kappa shape index (κ1) is 20.3. The fourth-order valence-corrected chi connectivity index (χ4v) is 2.48. The van der Waals surface area contributed by atoms with Crippen LogP contribution in [-0.2, 0) is 0 Å². The largest absolute Gasteiger partial charge is 0.573 e. The van der Waals surface area contributed by atoms with Gasteiger partial charge in [0.1, 0.15) is 23.7 Å². The summed E-state index contributed by atoms with van der Waals surface area (Å²) in [5.74, 6) is 0.913. The highest BCUT2D eigenvalue weighted by molar-refractivity contribution is 5.67. The molecule has 0 radical (unpaired) electrons. The van der Waals surface area contributed by atoms with E-state index in [9.17, 15) is 13.2 Å². The molecule has 152 valence electrons. The molecular formula is C19H19F3N6O. The Labute approximate surface area is 165 Å². The zero-order chi connectivity index (χ0) is 20.7. The SMILES string of the molecule is NCCCNc1cc(-c2cc(Nc3ccc(OC(F)(F)F)cc3)ncn2)ccn1. The third kappa shape index (κ3) is 6.32. The molecule has 10 heteroatoms. The van der Waals surface area contributed by atoms with Crippen LogP contribution in [0.2, 0.25) is 0 Å². The van der Waals surface area contributed by atoms with Crippen molar-refractivity contribution in [2.24, 2.45) is 5.73 Å². The smallest absolute Gasteiger partial charge is 0.406 e. The van der Waals surface area contributed by atoms with Crippen LogP contribution in [0.4, 0.5) is 30.5 Å². The molecule has 29 heavy (non-hydrogen) atoms. The summed E-state index contributed by atoms with van der Waals surface area (Å²) in [4.78, 5) is 12.7. The number of rotatable bonds is 8. The Morgan fingerprint density at radius 1 is 0.966 bits per heavy atom. The summed E-state index contributed by atoms with van der Waals surface area (Å²) in [6.45, 7) is 1.31. The van der Waals surface area contributed by atoms with E-state index in [4.69, 9.17) is 5.73 Å². The van der Waals surface area contributed by atoms with Crippen molar-refractivity contribution in [3.63, 3.8) is 0 Å². The molecule has 0 aliphatic carbocycles. The molecule has 2 aromatic heterocycles. The lowest BCUT2D eigenvalue weighted by Gasteiger charge is -2.11. The van der Waals surface area contributed by atoms with Gasteiger partial charge in [0, 0.05) is 30.1 Å². The quantitative estimate of drug-likeness (QED) is 0.489. The molecule has 0 spiro atoms. The van der Waals surface area contributed by atoms with E-state index in [1.165, 1.54) is 30.6 Å². The number of nitrogens with two attached hydrogens (primary N) is 1. The second-order valence-electron chi connectivity index (χ2n) is 5.98. The van der Waals surface area contributed by atoms with Gasteiger partial charge in [0.05, 0.1) is 5.69 Å². The van der Waals surface area contributed by atoms with Crippen molar-refractivity contribution in [1.29, 1.82) is 0 Å². The maximum Gasteiger partial charge on any atom is 0.573 e. The zero-order valence-corrected chi connectivity index (χ0v) is 15.3. The lowest BCUT2D eigenvalue weighted by atomic mass is 10.2.